The van der Waals surface area contributed by atoms with E-state index in [4.69, 9.17) is 23.7 Å². The maximum atomic E-state index is 12.7. The van der Waals surface area contributed by atoms with E-state index in [0.29, 0.717) is 31.3 Å². The van der Waals surface area contributed by atoms with Gasteiger partial charge in [-0.15, -0.1) is 0 Å². The van der Waals surface area contributed by atoms with E-state index in [1.165, 1.54) is 103 Å². The number of hydrogen-bond donors (Lipinski definition) is 0. The van der Waals surface area contributed by atoms with Gasteiger partial charge in [-0.05, 0) is 90.1 Å². The first-order chi connectivity index (χ1) is 24.8. The van der Waals surface area contributed by atoms with Crippen LogP contribution in [0.3, 0.4) is 0 Å². The van der Waals surface area contributed by atoms with Crippen LogP contribution in [0.5, 0.6) is 0 Å². The molecule has 0 aromatic rings. The number of rotatable bonds is 38. The van der Waals surface area contributed by atoms with Crippen molar-refractivity contribution in [3.05, 3.63) is 0 Å². The first-order valence-electron chi connectivity index (χ1n) is 21.7. The second-order valence-electron chi connectivity index (χ2n) is 15.2. The lowest BCUT2D eigenvalue weighted by molar-refractivity contribution is -0.163. The van der Waals surface area contributed by atoms with Crippen molar-refractivity contribution in [1.29, 1.82) is 0 Å². The van der Waals surface area contributed by atoms with Crippen molar-refractivity contribution in [1.82, 2.24) is 4.90 Å². The van der Waals surface area contributed by atoms with Gasteiger partial charge < -0.3 is 28.6 Å². The largest absolute Gasteiger partial charge is 0.508 e. The van der Waals surface area contributed by atoms with Gasteiger partial charge in [0.25, 0.3) is 0 Å². The topological polar surface area (TPSA) is 83.5 Å². The molecule has 0 fully saturated rings. The molecule has 0 spiro atoms. The molecule has 0 aliphatic heterocycles. The molecule has 0 heterocycles. The molecule has 304 valence electrons. The number of hydrogen-bond acceptors (Lipinski definition) is 8. The molecule has 0 aliphatic rings. The average Bonchev–Trinajstić information content (AvgIpc) is 3.10. The Morgan fingerprint density at radius 3 is 1.53 bits per heavy atom. The fourth-order valence-electron chi connectivity index (χ4n) is 6.74. The van der Waals surface area contributed by atoms with E-state index in [2.05, 4.69) is 39.5 Å². The Bertz CT molecular complexity index is 733. The van der Waals surface area contributed by atoms with Crippen molar-refractivity contribution in [2.75, 3.05) is 47.1 Å². The molecule has 8 nitrogen and oxygen atoms in total. The van der Waals surface area contributed by atoms with Crippen molar-refractivity contribution in [3.63, 3.8) is 0 Å². The molecule has 1 unspecified atom stereocenters. The Hall–Kier alpha value is -1.38. The molecule has 0 saturated heterocycles. The fourth-order valence-corrected chi connectivity index (χ4v) is 6.74. The van der Waals surface area contributed by atoms with Gasteiger partial charge in [-0.1, -0.05) is 118 Å². The van der Waals surface area contributed by atoms with E-state index in [9.17, 15) is 9.59 Å². The second-order valence-corrected chi connectivity index (χ2v) is 15.2. The van der Waals surface area contributed by atoms with Crippen molar-refractivity contribution in [2.24, 2.45) is 11.8 Å². The van der Waals surface area contributed by atoms with Crippen LogP contribution in [-0.2, 0) is 28.5 Å². The van der Waals surface area contributed by atoms with Gasteiger partial charge in [0.1, 0.15) is 6.10 Å². The van der Waals surface area contributed by atoms with Crippen LogP contribution in [0, 0.1) is 11.8 Å². The minimum atomic E-state index is -0.623. The number of carbonyl (C=O) groups excluding carboxylic acids is 2. The van der Waals surface area contributed by atoms with Crippen molar-refractivity contribution >= 4 is 12.1 Å². The number of unbranched alkanes of at least 4 members (excludes halogenated alkanes) is 10. The molecule has 0 aromatic carbocycles. The SMILES string of the molecule is CCCCCCCCCCCCC(CCOC(=O)CCCCC(OCC(CCC)CCC)OCC(CCC)CCC)OC(=O)OCCCN(C)C. The van der Waals surface area contributed by atoms with E-state index in [-0.39, 0.29) is 25.0 Å². The third-order valence-electron chi connectivity index (χ3n) is 9.71. The summed E-state index contributed by atoms with van der Waals surface area (Å²) in [7, 11) is 4.00. The van der Waals surface area contributed by atoms with E-state index in [1.54, 1.807) is 0 Å². The summed E-state index contributed by atoms with van der Waals surface area (Å²) in [6.07, 6.45) is 25.6. The minimum absolute atomic E-state index is 0.200. The number of nitrogens with zero attached hydrogens (tertiary/aromatic N) is 1. The molecule has 0 aromatic heterocycles. The zero-order valence-electron chi connectivity index (χ0n) is 34.8. The lowest BCUT2D eigenvalue weighted by atomic mass is 9.99. The third-order valence-corrected chi connectivity index (χ3v) is 9.71. The fraction of sp³-hybridized carbons (Fsp3) is 0.953. The predicted molar refractivity (Wildman–Crippen MR) is 212 cm³/mol. The summed E-state index contributed by atoms with van der Waals surface area (Å²) in [5.41, 5.74) is 0. The van der Waals surface area contributed by atoms with Crippen LogP contribution in [-0.4, -0.2) is 76.5 Å². The highest BCUT2D eigenvalue weighted by molar-refractivity contribution is 5.69. The third kappa shape index (κ3) is 33.0. The highest BCUT2D eigenvalue weighted by Crippen LogP contribution is 2.21. The van der Waals surface area contributed by atoms with E-state index < -0.39 is 6.16 Å². The highest BCUT2D eigenvalue weighted by atomic mass is 16.7. The van der Waals surface area contributed by atoms with Gasteiger partial charge in [0, 0.05) is 19.4 Å². The molecular weight excluding hydrogens is 642 g/mol. The molecule has 1 atom stereocenters. The number of ether oxygens (including phenoxy) is 5. The Kier molecular flexibility index (Phi) is 36.0. The van der Waals surface area contributed by atoms with Crippen molar-refractivity contribution in [2.45, 2.75) is 208 Å². The van der Waals surface area contributed by atoms with Gasteiger partial charge in [0.2, 0.25) is 0 Å². The Balaban J connectivity index is 4.74. The lowest BCUT2D eigenvalue weighted by Crippen LogP contribution is -2.24. The van der Waals surface area contributed by atoms with Gasteiger partial charge >= 0.3 is 12.1 Å². The molecule has 0 amide bonds. The number of carbonyl (C=O) groups is 2. The molecule has 0 saturated carbocycles. The van der Waals surface area contributed by atoms with Crippen LogP contribution in [0.15, 0.2) is 0 Å². The summed E-state index contributed by atoms with van der Waals surface area (Å²) in [5, 5.41) is 0. The monoisotopic (exact) mass is 728 g/mol. The summed E-state index contributed by atoms with van der Waals surface area (Å²) >= 11 is 0. The molecule has 0 rings (SSSR count). The normalized spacial score (nSPS) is 12.4. The Labute approximate surface area is 316 Å². The van der Waals surface area contributed by atoms with Crippen LogP contribution in [0.1, 0.15) is 195 Å². The highest BCUT2D eigenvalue weighted by Gasteiger charge is 2.19. The summed E-state index contributed by atoms with van der Waals surface area (Å²) in [6, 6.07) is 0. The summed E-state index contributed by atoms with van der Waals surface area (Å²) in [5.74, 6) is 0.950. The number of esters is 1. The van der Waals surface area contributed by atoms with Gasteiger partial charge in [0.05, 0.1) is 26.4 Å². The molecule has 0 aliphatic carbocycles. The standard InChI is InChI=1S/C43H85NO7/c1-8-13-14-15-16-17-18-19-20-21-29-40(51-43(46)48-34-24-33-44(6)7)32-35-47-41(45)30-22-23-31-42(49-36-38(25-9-2)26-10-3)50-37-39(27-11-4)28-12-5/h38-40,42H,8-37H2,1-7H3. The average molecular weight is 728 g/mol. The maximum absolute atomic E-state index is 12.7. The maximum Gasteiger partial charge on any atom is 0.508 e. The zero-order valence-corrected chi connectivity index (χ0v) is 34.8. The van der Waals surface area contributed by atoms with Gasteiger partial charge in [-0.25, -0.2) is 4.79 Å². The summed E-state index contributed by atoms with van der Waals surface area (Å²) < 4.78 is 29.4. The van der Waals surface area contributed by atoms with E-state index >= 15 is 0 Å². The predicted octanol–water partition coefficient (Wildman–Crippen LogP) is 12.1. The quantitative estimate of drug-likeness (QED) is 0.0353. The zero-order chi connectivity index (χ0) is 37.8. The van der Waals surface area contributed by atoms with Crippen molar-refractivity contribution in [3.8, 4) is 0 Å². The van der Waals surface area contributed by atoms with Crippen LogP contribution >= 0.6 is 0 Å². The molecule has 51 heavy (non-hydrogen) atoms. The molecular formula is C43H85NO7. The first kappa shape index (κ1) is 49.6. The van der Waals surface area contributed by atoms with Crippen LogP contribution in [0.2, 0.25) is 0 Å². The van der Waals surface area contributed by atoms with Gasteiger partial charge in [-0.2, -0.15) is 0 Å². The Morgan fingerprint density at radius 2 is 1.02 bits per heavy atom. The lowest BCUT2D eigenvalue weighted by Gasteiger charge is -2.25. The summed E-state index contributed by atoms with van der Waals surface area (Å²) in [4.78, 5) is 27.1. The Morgan fingerprint density at radius 1 is 0.510 bits per heavy atom. The van der Waals surface area contributed by atoms with Crippen LogP contribution < -0.4 is 0 Å². The molecule has 0 N–H and O–H groups in total. The van der Waals surface area contributed by atoms with E-state index in [0.717, 1.165) is 64.7 Å². The molecule has 0 radical (unpaired) electrons. The second kappa shape index (κ2) is 37.0. The van der Waals surface area contributed by atoms with Crippen LogP contribution in [0.4, 0.5) is 4.79 Å². The van der Waals surface area contributed by atoms with E-state index in [1.807, 2.05) is 14.1 Å². The van der Waals surface area contributed by atoms with Crippen molar-refractivity contribution < 1.29 is 33.3 Å². The molecule has 8 heteroatoms. The minimum Gasteiger partial charge on any atom is -0.466 e. The first-order valence-corrected chi connectivity index (χ1v) is 21.7. The van der Waals surface area contributed by atoms with Crippen LogP contribution in [0.25, 0.3) is 0 Å². The molecule has 0 bridgehead atoms. The van der Waals surface area contributed by atoms with Gasteiger partial charge in [-0.3, -0.25) is 4.79 Å². The van der Waals surface area contributed by atoms with Gasteiger partial charge in [0.15, 0.2) is 6.29 Å². The smallest absolute Gasteiger partial charge is 0.466 e. The summed E-state index contributed by atoms with van der Waals surface area (Å²) in [6.45, 7) is 14.1.